The monoisotopic (exact) mass is 159 g/mol. The van der Waals surface area contributed by atoms with Crippen molar-refractivity contribution in [1.29, 1.82) is 0 Å². The van der Waals surface area contributed by atoms with Crippen LogP contribution in [0.1, 0.15) is 32.6 Å². The smallest absolute Gasteiger partial charge is 0.113 e. The Morgan fingerprint density at radius 3 is 2.36 bits per heavy atom. The largest absolute Gasteiger partial charge is 0.306 e. The van der Waals surface area contributed by atoms with Gasteiger partial charge in [0.15, 0.2) is 0 Å². The Labute approximate surface area is 68.6 Å². The first-order chi connectivity index (χ1) is 5.16. The topological polar surface area (TPSA) is 3.24 Å². The summed E-state index contributed by atoms with van der Waals surface area (Å²) in [5.74, 6) is 0. The maximum Gasteiger partial charge on any atom is 0.113 e. The summed E-state index contributed by atoms with van der Waals surface area (Å²) in [6, 6.07) is 0. The van der Waals surface area contributed by atoms with Crippen molar-refractivity contribution in [3.63, 3.8) is 0 Å². The molecule has 0 aliphatic carbocycles. The van der Waals surface area contributed by atoms with Gasteiger partial charge in [-0.05, 0) is 26.3 Å². The van der Waals surface area contributed by atoms with E-state index in [1.807, 2.05) is 0 Å². The van der Waals surface area contributed by atoms with E-state index >= 15 is 0 Å². The first-order valence-electron chi connectivity index (χ1n) is 4.54. The molecule has 0 N–H and O–H groups in total. The Kier molecular flexibility index (Phi) is 2.88. The third-order valence-electron chi connectivity index (χ3n) is 2.58. The summed E-state index contributed by atoms with van der Waals surface area (Å²) in [7, 11) is 2.06. The van der Waals surface area contributed by atoms with E-state index in [0.717, 1.165) is 38.8 Å². The molecule has 0 amide bonds. The highest BCUT2D eigenvalue weighted by atomic mass is 19.1. The number of rotatable bonds is 2. The zero-order valence-electron chi connectivity index (χ0n) is 7.57. The molecule has 1 rings (SSSR count). The van der Waals surface area contributed by atoms with E-state index in [9.17, 15) is 4.39 Å². The van der Waals surface area contributed by atoms with Crippen LogP contribution in [0.3, 0.4) is 0 Å². The van der Waals surface area contributed by atoms with Crippen molar-refractivity contribution in [2.75, 3.05) is 20.1 Å². The van der Waals surface area contributed by atoms with Crippen molar-refractivity contribution in [2.45, 2.75) is 38.3 Å². The average molecular weight is 159 g/mol. The lowest BCUT2D eigenvalue weighted by Gasteiger charge is -2.34. The molecular weight excluding hydrogens is 141 g/mol. The van der Waals surface area contributed by atoms with Crippen molar-refractivity contribution in [3.8, 4) is 0 Å². The van der Waals surface area contributed by atoms with Crippen LogP contribution in [0, 0.1) is 0 Å². The lowest BCUT2D eigenvalue weighted by molar-refractivity contribution is 0.0607. The van der Waals surface area contributed by atoms with Gasteiger partial charge in [-0.1, -0.05) is 13.3 Å². The molecule has 0 atom stereocenters. The van der Waals surface area contributed by atoms with Crippen molar-refractivity contribution >= 4 is 0 Å². The number of piperidine rings is 1. The standard InChI is InChI=1S/C9H18FN/c1-3-4-9(10)5-7-11(2)8-6-9/h3-8H2,1-2H3. The number of hydrogen-bond acceptors (Lipinski definition) is 1. The molecule has 0 aromatic carbocycles. The van der Waals surface area contributed by atoms with Crippen molar-refractivity contribution in [3.05, 3.63) is 0 Å². The van der Waals surface area contributed by atoms with Crippen LogP contribution in [0.2, 0.25) is 0 Å². The molecule has 1 aliphatic heterocycles. The van der Waals surface area contributed by atoms with Gasteiger partial charge in [-0.2, -0.15) is 0 Å². The summed E-state index contributed by atoms with van der Waals surface area (Å²) < 4.78 is 13.7. The third kappa shape index (κ3) is 2.44. The van der Waals surface area contributed by atoms with Crippen LogP contribution in [0.15, 0.2) is 0 Å². The summed E-state index contributed by atoms with van der Waals surface area (Å²) in [5, 5.41) is 0. The minimum Gasteiger partial charge on any atom is -0.306 e. The predicted molar refractivity (Wildman–Crippen MR) is 45.5 cm³/mol. The summed E-state index contributed by atoms with van der Waals surface area (Å²) in [4.78, 5) is 2.20. The number of alkyl halides is 1. The van der Waals surface area contributed by atoms with E-state index in [4.69, 9.17) is 0 Å². The van der Waals surface area contributed by atoms with Crippen LogP contribution in [0.25, 0.3) is 0 Å². The van der Waals surface area contributed by atoms with Gasteiger partial charge in [-0.3, -0.25) is 0 Å². The molecule has 0 radical (unpaired) electrons. The molecule has 1 heterocycles. The fourth-order valence-electron chi connectivity index (χ4n) is 1.72. The van der Waals surface area contributed by atoms with Crippen LogP contribution in [0.4, 0.5) is 4.39 Å². The van der Waals surface area contributed by atoms with Crippen molar-refractivity contribution in [2.24, 2.45) is 0 Å². The van der Waals surface area contributed by atoms with Gasteiger partial charge >= 0.3 is 0 Å². The third-order valence-corrected chi connectivity index (χ3v) is 2.58. The van der Waals surface area contributed by atoms with Crippen LogP contribution >= 0.6 is 0 Å². The zero-order chi connectivity index (χ0) is 8.32. The van der Waals surface area contributed by atoms with Gasteiger partial charge in [-0.25, -0.2) is 4.39 Å². The summed E-state index contributed by atoms with van der Waals surface area (Å²) in [6.07, 6.45) is 3.19. The fraction of sp³-hybridized carbons (Fsp3) is 1.00. The molecule has 1 nitrogen and oxygen atoms in total. The van der Waals surface area contributed by atoms with Gasteiger partial charge in [0.05, 0.1) is 0 Å². The summed E-state index contributed by atoms with van der Waals surface area (Å²) in [6.45, 7) is 3.91. The van der Waals surface area contributed by atoms with Gasteiger partial charge in [0.2, 0.25) is 0 Å². The lowest BCUT2D eigenvalue weighted by atomic mass is 9.89. The molecule has 0 bridgehead atoms. The Morgan fingerprint density at radius 1 is 1.36 bits per heavy atom. The van der Waals surface area contributed by atoms with Gasteiger partial charge in [0.25, 0.3) is 0 Å². The molecule has 2 heteroatoms. The van der Waals surface area contributed by atoms with E-state index in [1.54, 1.807) is 0 Å². The molecular formula is C9H18FN. The zero-order valence-corrected chi connectivity index (χ0v) is 7.57. The number of likely N-dealkylation sites (tertiary alicyclic amines) is 1. The molecule has 1 fully saturated rings. The Balaban J connectivity index is 2.35. The van der Waals surface area contributed by atoms with Crippen LogP contribution in [-0.2, 0) is 0 Å². The van der Waals surface area contributed by atoms with Gasteiger partial charge < -0.3 is 4.90 Å². The fourth-order valence-corrected chi connectivity index (χ4v) is 1.72. The molecule has 11 heavy (non-hydrogen) atoms. The van der Waals surface area contributed by atoms with E-state index in [-0.39, 0.29) is 0 Å². The second-order valence-electron chi connectivity index (χ2n) is 3.70. The molecule has 0 spiro atoms. The van der Waals surface area contributed by atoms with Crippen molar-refractivity contribution in [1.82, 2.24) is 4.90 Å². The molecule has 0 saturated carbocycles. The summed E-state index contributed by atoms with van der Waals surface area (Å²) in [5.41, 5.74) is -0.832. The first-order valence-corrected chi connectivity index (χ1v) is 4.54. The highest BCUT2D eigenvalue weighted by Gasteiger charge is 2.31. The molecule has 1 aliphatic rings. The Hall–Kier alpha value is -0.110. The van der Waals surface area contributed by atoms with Crippen LogP contribution in [-0.4, -0.2) is 30.7 Å². The predicted octanol–water partition coefficient (Wildman–Crippen LogP) is 2.22. The van der Waals surface area contributed by atoms with E-state index in [0.29, 0.717) is 0 Å². The maximum absolute atomic E-state index is 13.7. The average Bonchev–Trinajstić information content (AvgIpc) is 1.97. The molecule has 0 aromatic heterocycles. The SMILES string of the molecule is CCCC1(F)CCN(C)CC1. The minimum absolute atomic E-state index is 0.733. The van der Waals surface area contributed by atoms with Gasteiger partial charge in [0, 0.05) is 13.1 Å². The van der Waals surface area contributed by atoms with Crippen LogP contribution < -0.4 is 0 Å². The highest BCUT2D eigenvalue weighted by molar-refractivity contribution is 4.84. The van der Waals surface area contributed by atoms with Gasteiger partial charge in [-0.15, -0.1) is 0 Å². The van der Waals surface area contributed by atoms with E-state index in [2.05, 4.69) is 18.9 Å². The number of hydrogen-bond donors (Lipinski definition) is 0. The molecule has 0 unspecified atom stereocenters. The normalized spacial score (nSPS) is 25.4. The first kappa shape index (κ1) is 8.98. The quantitative estimate of drug-likeness (QED) is 0.597. The molecule has 0 aromatic rings. The minimum atomic E-state index is -0.832. The molecule has 1 saturated heterocycles. The van der Waals surface area contributed by atoms with E-state index in [1.165, 1.54) is 0 Å². The number of halogens is 1. The Bertz CT molecular complexity index is 117. The second kappa shape index (κ2) is 3.53. The van der Waals surface area contributed by atoms with Crippen LogP contribution in [0.5, 0.6) is 0 Å². The maximum atomic E-state index is 13.7. The molecule has 66 valence electrons. The number of nitrogens with zero attached hydrogens (tertiary/aromatic N) is 1. The van der Waals surface area contributed by atoms with Gasteiger partial charge in [0.1, 0.15) is 5.67 Å². The van der Waals surface area contributed by atoms with Crippen molar-refractivity contribution < 1.29 is 4.39 Å². The Morgan fingerprint density at radius 2 is 1.91 bits per heavy atom. The lowest BCUT2D eigenvalue weighted by Crippen LogP contribution is -2.39. The highest BCUT2D eigenvalue weighted by Crippen LogP contribution is 2.30. The van der Waals surface area contributed by atoms with E-state index < -0.39 is 5.67 Å². The summed E-state index contributed by atoms with van der Waals surface area (Å²) >= 11 is 0. The second-order valence-corrected chi connectivity index (χ2v) is 3.70.